The number of amides is 2. The van der Waals surface area contributed by atoms with E-state index in [0.29, 0.717) is 11.1 Å². The Kier molecular flexibility index (Phi) is 7.48. The number of aliphatic hydroxyl groups excluding tert-OH is 1. The zero-order valence-corrected chi connectivity index (χ0v) is 19.1. The molecule has 3 N–H and O–H groups in total. The first kappa shape index (κ1) is 25.7. The van der Waals surface area contributed by atoms with Crippen molar-refractivity contribution in [3.63, 3.8) is 0 Å². The minimum Gasteiger partial charge on any atom is -0.444 e. The summed E-state index contributed by atoms with van der Waals surface area (Å²) >= 11 is 0. The molecule has 0 aliphatic heterocycles. The van der Waals surface area contributed by atoms with Crippen LogP contribution in [0.25, 0.3) is 16.7 Å². The van der Waals surface area contributed by atoms with Crippen LogP contribution in [0.4, 0.5) is 18.0 Å². The first-order chi connectivity index (χ1) is 16.4. The van der Waals surface area contributed by atoms with Crippen molar-refractivity contribution < 1.29 is 37.3 Å². The zero-order chi connectivity index (χ0) is 25.8. The Bertz CT molecular complexity index is 1200. The van der Waals surface area contributed by atoms with E-state index in [4.69, 9.17) is 9.84 Å². The van der Waals surface area contributed by atoms with Crippen LogP contribution in [0.1, 0.15) is 36.8 Å². The summed E-state index contributed by atoms with van der Waals surface area (Å²) in [6.45, 7) is 4.74. The predicted molar refractivity (Wildman–Crippen MR) is 118 cm³/mol. The number of nitrogens with zero attached hydrogens (tertiary/aromatic N) is 3. The van der Waals surface area contributed by atoms with E-state index in [-0.39, 0.29) is 36.6 Å². The molecule has 13 heteroatoms. The maximum atomic E-state index is 12.7. The predicted octanol–water partition coefficient (Wildman–Crippen LogP) is 3.07. The molecule has 0 bridgehead atoms. The third kappa shape index (κ3) is 6.82. The van der Waals surface area contributed by atoms with Gasteiger partial charge in [-0.05, 0) is 51.1 Å². The van der Waals surface area contributed by atoms with E-state index >= 15 is 0 Å². The van der Waals surface area contributed by atoms with Crippen LogP contribution < -0.4 is 15.4 Å². The number of alkyl carbamates (subject to hydrolysis) is 1. The van der Waals surface area contributed by atoms with Crippen molar-refractivity contribution in [1.29, 1.82) is 0 Å². The van der Waals surface area contributed by atoms with Gasteiger partial charge in [-0.1, -0.05) is 0 Å². The highest BCUT2D eigenvalue weighted by atomic mass is 19.4. The van der Waals surface area contributed by atoms with Crippen LogP contribution >= 0.6 is 0 Å². The lowest BCUT2D eigenvalue weighted by Crippen LogP contribution is -2.32. The summed E-state index contributed by atoms with van der Waals surface area (Å²) in [5, 5.41) is 18.9. The molecule has 3 aromatic rings. The second kappa shape index (κ2) is 10.2. The fourth-order valence-corrected chi connectivity index (χ4v) is 3.13. The standard InChI is InChI=1S/C22H24F3N5O5/c1-21(2,3)35-20(33)28-12-16-17-15(19(32)27-10-11-31)8-9-26-18(17)30(29-16)13-4-6-14(7-5-13)34-22(23,24)25/h4-9,31H,10-12H2,1-3H3,(H,27,32)(H,28,33). The number of carbonyl (C=O) groups excluding carboxylic acids is 2. The quantitative estimate of drug-likeness (QED) is 0.460. The van der Waals surface area contributed by atoms with Gasteiger partial charge in [-0.3, -0.25) is 4.79 Å². The summed E-state index contributed by atoms with van der Waals surface area (Å²) in [4.78, 5) is 29.1. The number of nitrogens with one attached hydrogen (secondary N) is 2. The summed E-state index contributed by atoms with van der Waals surface area (Å²) < 4.78 is 47.9. The molecular weight excluding hydrogens is 471 g/mol. The number of ether oxygens (including phenoxy) is 2. The highest BCUT2D eigenvalue weighted by Gasteiger charge is 2.31. The van der Waals surface area contributed by atoms with Crippen LogP contribution in [0.3, 0.4) is 0 Å². The molecule has 0 spiro atoms. The Balaban J connectivity index is 2.02. The van der Waals surface area contributed by atoms with E-state index in [1.54, 1.807) is 20.8 Å². The summed E-state index contributed by atoms with van der Waals surface area (Å²) in [6.07, 6.45) is -4.16. The zero-order valence-electron chi connectivity index (χ0n) is 19.1. The number of hydrogen-bond donors (Lipinski definition) is 3. The van der Waals surface area contributed by atoms with Crippen LogP contribution in [0, 0.1) is 0 Å². The molecule has 188 valence electrons. The Morgan fingerprint density at radius 3 is 2.37 bits per heavy atom. The van der Waals surface area contributed by atoms with Crippen molar-refractivity contribution in [3.8, 4) is 11.4 Å². The van der Waals surface area contributed by atoms with E-state index in [2.05, 4.69) is 25.5 Å². The lowest BCUT2D eigenvalue weighted by molar-refractivity contribution is -0.274. The molecule has 10 nitrogen and oxygen atoms in total. The second-order valence-electron chi connectivity index (χ2n) is 8.29. The van der Waals surface area contributed by atoms with E-state index in [1.165, 1.54) is 29.1 Å². The molecule has 0 saturated heterocycles. The van der Waals surface area contributed by atoms with Gasteiger partial charge in [-0.15, -0.1) is 13.2 Å². The van der Waals surface area contributed by atoms with Crippen molar-refractivity contribution in [2.24, 2.45) is 0 Å². The minimum absolute atomic E-state index is 0.0168. The number of halogens is 3. The molecule has 2 amide bonds. The SMILES string of the molecule is CC(C)(C)OC(=O)NCc1nn(-c2ccc(OC(F)(F)F)cc2)c2nccc(C(=O)NCCO)c12. The summed E-state index contributed by atoms with van der Waals surface area (Å²) in [5.41, 5.74) is 0.292. The van der Waals surface area contributed by atoms with Gasteiger partial charge in [0.2, 0.25) is 0 Å². The molecule has 0 unspecified atom stereocenters. The largest absolute Gasteiger partial charge is 0.573 e. The molecule has 3 rings (SSSR count). The van der Waals surface area contributed by atoms with Gasteiger partial charge in [0.15, 0.2) is 5.65 Å². The number of hydrogen-bond acceptors (Lipinski definition) is 7. The smallest absolute Gasteiger partial charge is 0.444 e. The Labute approximate surface area is 198 Å². The second-order valence-corrected chi connectivity index (χ2v) is 8.29. The van der Waals surface area contributed by atoms with Crippen LogP contribution in [-0.4, -0.2) is 57.0 Å². The van der Waals surface area contributed by atoms with Crippen LogP contribution in [-0.2, 0) is 11.3 Å². The third-order valence-corrected chi connectivity index (χ3v) is 4.40. The molecule has 0 aliphatic carbocycles. The number of aromatic nitrogens is 3. The van der Waals surface area contributed by atoms with Crippen molar-refractivity contribution in [1.82, 2.24) is 25.4 Å². The number of carbonyl (C=O) groups is 2. The molecule has 35 heavy (non-hydrogen) atoms. The van der Waals surface area contributed by atoms with Gasteiger partial charge in [0.05, 0.1) is 35.5 Å². The number of alkyl halides is 3. The van der Waals surface area contributed by atoms with Crippen LogP contribution in [0.15, 0.2) is 36.5 Å². The van der Waals surface area contributed by atoms with Crippen molar-refractivity contribution in [2.75, 3.05) is 13.2 Å². The summed E-state index contributed by atoms with van der Waals surface area (Å²) in [7, 11) is 0. The van der Waals surface area contributed by atoms with Gasteiger partial charge < -0.3 is 25.2 Å². The molecule has 0 atom stereocenters. The van der Waals surface area contributed by atoms with Gasteiger partial charge >= 0.3 is 12.5 Å². The fraction of sp³-hybridized carbons (Fsp3) is 0.364. The van der Waals surface area contributed by atoms with E-state index in [9.17, 15) is 22.8 Å². The average Bonchev–Trinajstić information content (AvgIpc) is 3.13. The van der Waals surface area contributed by atoms with Gasteiger partial charge in [-0.2, -0.15) is 5.10 Å². The number of benzene rings is 1. The minimum atomic E-state index is -4.83. The molecule has 0 aliphatic rings. The van der Waals surface area contributed by atoms with Gasteiger partial charge in [-0.25, -0.2) is 14.5 Å². The first-order valence-electron chi connectivity index (χ1n) is 10.5. The van der Waals surface area contributed by atoms with Gasteiger partial charge in [0.25, 0.3) is 5.91 Å². The highest BCUT2D eigenvalue weighted by molar-refractivity contribution is 6.06. The molecule has 2 aromatic heterocycles. The molecule has 2 heterocycles. The molecular formula is C22H24F3N5O5. The monoisotopic (exact) mass is 495 g/mol. The van der Waals surface area contributed by atoms with Crippen molar-refractivity contribution in [3.05, 3.63) is 47.8 Å². The molecule has 0 fully saturated rings. The topological polar surface area (TPSA) is 128 Å². The van der Waals surface area contributed by atoms with Gasteiger partial charge in [0.1, 0.15) is 11.4 Å². The number of rotatable bonds is 7. The van der Waals surface area contributed by atoms with Crippen LogP contribution in [0.5, 0.6) is 5.75 Å². The number of pyridine rings is 1. The highest BCUT2D eigenvalue weighted by Crippen LogP contribution is 2.27. The maximum Gasteiger partial charge on any atom is 0.573 e. The van der Waals surface area contributed by atoms with E-state index in [0.717, 1.165) is 12.1 Å². The summed E-state index contributed by atoms with van der Waals surface area (Å²) in [5.74, 6) is -0.917. The van der Waals surface area contributed by atoms with Crippen molar-refractivity contribution in [2.45, 2.75) is 39.3 Å². The van der Waals surface area contributed by atoms with E-state index in [1.807, 2.05) is 0 Å². The average molecular weight is 495 g/mol. The lowest BCUT2D eigenvalue weighted by atomic mass is 10.1. The fourth-order valence-electron chi connectivity index (χ4n) is 3.13. The van der Waals surface area contributed by atoms with Crippen molar-refractivity contribution >= 4 is 23.0 Å². The van der Waals surface area contributed by atoms with E-state index < -0.39 is 29.7 Å². The number of aliphatic hydroxyl groups is 1. The lowest BCUT2D eigenvalue weighted by Gasteiger charge is -2.19. The Morgan fingerprint density at radius 2 is 1.77 bits per heavy atom. The number of fused-ring (bicyclic) bond motifs is 1. The third-order valence-electron chi connectivity index (χ3n) is 4.40. The maximum absolute atomic E-state index is 12.7. The Hall–Kier alpha value is -3.87. The van der Waals surface area contributed by atoms with Crippen LogP contribution in [0.2, 0.25) is 0 Å². The summed E-state index contributed by atoms with van der Waals surface area (Å²) in [6, 6.07) is 6.38. The normalized spacial score (nSPS) is 11.9. The molecule has 0 saturated carbocycles. The molecule has 0 radical (unpaired) electrons. The van der Waals surface area contributed by atoms with Gasteiger partial charge in [0, 0.05) is 12.7 Å². The first-order valence-corrected chi connectivity index (χ1v) is 10.5. The molecule has 1 aromatic carbocycles. The Morgan fingerprint density at radius 1 is 1.09 bits per heavy atom.